The second-order valence-corrected chi connectivity index (χ2v) is 6.62. The van der Waals surface area contributed by atoms with Crippen LogP contribution in [0.25, 0.3) is 16.9 Å². The maximum absolute atomic E-state index is 12.8. The summed E-state index contributed by atoms with van der Waals surface area (Å²) in [7, 11) is 0. The van der Waals surface area contributed by atoms with E-state index in [0.29, 0.717) is 24.7 Å². The SMILES string of the molecule is CCOc1ccc(-c2nc3ccc(Cl)cn3c2CC(=O)N(CC)CC)cc1. The fourth-order valence-electron chi connectivity index (χ4n) is 3.17. The molecule has 2 heterocycles. The number of amides is 1. The quantitative estimate of drug-likeness (QED) is 0.603. The summed E-state index contributed by atoms with van der Waals surface area (Å²) in [6, 6.07) is 11.5. The van der Waals surface area contributed by atoms with E-state index < -0.39 is 0 Å². The van der Waals surface area contributed by atoms with Crippen LogP contribution in [0.2, 0.25) is 5.02 Å². The van der Waals surface area contributed by atoms with Gasteiger partial charge < -0.3 is 14.0 Å². The zero-order valence-corrected chi connectivity index (χ0v) is 16.7. The topological polar surface area (TPSA) is 46.8 Å². The molecule has 3 rings (SSSR count). The van der Waals surface area contributed by atoms with Crippen molar-refractivity contribution in [1.82, 2.24) is 14.3 Å². The van der Waals surface area contributed by atoms with Crippen molar-refractivity contribution in [2.24, 2.45) is 0 Å². The van der Waals surface area contributed by atoms with Crippen LogP contribution in [-0.2, 0) is 11.2 Å². The lowest BCUT2D eigenvalue weighted by atomic mass is 10.1. The van der Waals surface area contributed by atoms with E-state index >= 15 is 0 Å². The number of ether oxygens (including phenoxy) is 1. The molecule has 0 atom stereocenters. The van der Waals surface area contributed by atoms with Gasteiger partial charge in [-0.1, -0.05) is 11.6 Å². The molecule has 0 unspecified atom stereocenters. The van der Waals surface area contributed by atoms with Gasteiger partial charge >= 0.3 is 0 Å². The van der Waals surface area contributed by atoms with Gasteiger partial charge in [0.2, 0.25) is 5.91 Å². The molecule has 0 saturated carbocycles. The number of carbonyl (C=O) groups excluding carboxylic acids is 1. The molecule has 27 heavy (non-hydrogen) atoms. The van der Waals surface area contributed by atoms with Crippen LogP contribution in [0, 0.1) is 0 Å². The first kappa shape index (κ1) is 19.2. The van der Waals surface area contributed by atoms with E-state index in [4.69, 9.17) is 21.3 Å². The highest BCUT2D eigenvalue weighted by Gasteiger charge is 2.19. The Morgan fingerprint density at radius 2 is 1.81 bits per heavy atom. The van der Waals surface area contributed by atoms with Crippen molar-refractivity contribution in [2.45, 2.75) is 27.2 Å². The fourth-order valence-corrected chi connectivity index (χ4v) is 3.34. The van der Waals surface area contributed by atoms with Crippen LogP contribution in [-0.4, -0.2) is 39.9 Å². The van der Waals surface area contributed by atoms with Crippen LogP contribution in [0.1, 0.15) is 26.5 Å². The number of aromatic nitrogens is 2. The summed E-state index contributed by atoms with van der Waals surface area (Å²) in [4.78, 5) is 19.3. The molecule has 0 fully saturated rings. The van der Waals surface area contributed by atoms with Crippen molar-refractivity contribution in [1.29, 1.82) is 0 Å². The minimum absolute atomic E-state index is 0.0777. The number of hydrogen-bond donors (Lipinski definition) is 0. The van der Waals surface area contributed by atoms with Crippen molar-refractivity contribution < 1.29 is 9.53 Å². The average Bonchev–Trinajstić information content (AvgIpc) is 3.01. The largest absolute Gasteiger partial charge is 0.494 e. The third kappa shape index (κ3) is 4.08. The molecular weight excluding hydrogens is 362 g/mol. The molecule has 142 valence electrons. The lowest BCUT2D eigenvalue weighted by Gasteiger charge is -2.18. The first-order valence-corrected chi connectivity index (χ1v) is 9.62. The molecule has 2 aromatic heterocycles. The minimum Gasteiger partial charge on any atom is -0.494 e. The summed E-state index contributed by atoms with van der Waals surface area (Å²) in [5, 5.41) is 0.606. The summed E-state index contributed by atoms with van der Waals surface area (Å²) in [5.74, 6) is 0.891. The van der Waals surface area contributed by atoms with Crippen molar-refractivity contribution in [3.05, 3.63) is 53.3 Å². The van der Waals surface area contributed by atoms with Gasteiger partial charge in [0.1, 0.15) is 11.4 Å². The van der Waals surface area contributed by atoms with Gasteiger partial charge in [0.15, 0.2) is 0 Å². The number of halogens is 1. The maximum Gasteiger partial charge on any atom is 0.228 e. The first-order chi connectivity index (χ1) is 13.1. The molecule has 0 spiro atoms. The van der Waals surface area contributed by atoms with Crippen molar-refractivity contribution in [2.75, 3.05) is 19.7 Å². The van der Waals surface area contributed by atoms with E-state index in [2.05, 4.69) is 0 Å². The highest BCUT2D eigenvalue weighted by molar-refractivity contribution is 6.30. The predicted molar refractivity (Wildman–Crippen MR) is 108 cm³/mol. The second-order valence-electron chi connectivity index (χ2n) is 6.18. The van der Waals surface area contributed by atoms with Gasteiger partial charge in [-0.05, 0) is 57.2 Å². The summed E-state index contributed by atoms with van der Waals surface area (Å²) >= 11 is 6.19. The van der Waals surface area contributed by atoms with Gasteiger partial charge in [0.05, 0.1) is 29.4 Å². The molecule has 5 nitrogen and oxygen atoms in total. The summed E-state index contributed by atoms with van der Waals surface area (Å²) in [6.07, 6.45) is 2.08. The Morgan fingerprint density at radius 1 is 1.11 bits per heavy atom. The third-order valence-electron chi connectivity index (χ3n) is 4.55. The average molecular weight is 386 g/mol. The van der Waals surface area contributed by atoms with Gasteiger partial charge in [-0.25, -0.2) is 4.98 Å². The number of fused-ring (bicyclic) bond motifs is 1. The smallest absolute Gasteiger partial charge is 0.228 e. The zero-order valence-electron chi connectivity index (χ0n) is 15.9. The number of benzene rings is 1. The first-order valence-electron chi connectivity index (χ1n) is 9.24. The Labute approximate surface area is 164 Å². The van der Waals surface area contributed by atoms with Crippen LogP contribution in [0.3, 0.4) is 0 Å². The lowest BCUT2D eigenvalue weighted by molar-refractivity contribution is -0.130. The Morgan fingerprint density at radius 3 is 2.44 bits per heavy atom. The number of rotatable bonds is 7. The number of carbonyl (C=O) groups is 1. The van der Waals surface area contributed by atoms with E-state index in [1.165, 1.54) is 0 Å². The standard InChI is InChI=1S/C21H24ClN3O2/c1-4-24(5-2)20(26)13-18-21(15-7-10-17(11-8-15)27-6-3)23-19-12-9-16(22)14-25(18)19/h7-12,14H,4-6,13H2,1-3H3. The van der Waals surface area contributed by atoms with E-state index in [-0.39, 0.29) is 12.3 Å². The van der Waals surface area contributed by atoms with Crippen LogP contribution in [0.4, 0.5) is 0 Å². The third-order valence-corrected chi connectivity index (χ3v) is 4.78. The van der Waals surface area contributed by atoms with Crippen LogP contribution in [0.5, 0.6) is 5.75 Å². The lowest BCUT2D eigenvalue weighted by Crippen LogP contribution is -2.32. The zero-order chi connectivity index (χ0) is 19.4. The van der Waals surface area contributed by atoms with Crippen molar-refractivity contribution >= 4 is 23.2 Å². The van der Waals surface area contributed by atoms with Gasteiger partial charge in [0, 0.05) is 24.8 Å². The Hall–Kier alpha value is -2.53. The molecule has 6 heteroatoms. The number of imidazole rings is 1. The molecule has 1 aromatic carbocycles. The second kappa shape index (κ2) is 8.44. The number of nitrogens with zero attached hydrogens (tertiary/aromatic N) is 3. The molecule has 0 N–H and O–H groups in total. The number of likely N-dealkylation sites (N-methyl/N-ethyl adjacent to an activating group) is 1. The molecule has 0 bridgehead atoms. The molecular formula is C21H24ClN3O2. The molecule has 0 radical (unpaired) electrons. The van der Waals surface area contributed by atoms with Gasteiger partial charge in [-0.15, -0.1) is 0 Å². The Bertz CT molecular complexity index is 930. The molecule has 1 amide bonds. The Kier molecular flexibility index (Phi) is 6.01. The van der Waals surface area contributed by atoms with Gasteiger partial charge in [0.25, 0.3) is 0 Å². The van der Waals surface area contributed by atoms with E-state index in [0.717, 1.165) is 28.3 Å². The minimum atomic E-state index is 0.0777. The summed E-state index contributed by atoms with van der Waals surface area (Å²) in [5.41, 5.74) is 3.35. The molecule has 0 aliphatic rings. The predicted octanol–water partition coefficient (Wildman–Crippen LogP) is 4.46. The molecule has 0 aliphatic heterocycles. The van der Waals surface area contributed by atoms with Crippen molar-refractivity contribution in [3.63, 3.8) is 0 Å². The van der Waals surface area contributed by atoms with Crippen LogP contribution < -0.4 is 4.74 Å². The molecule has 0 aliphatic carbocycles. The highest BCUT2D eigenvalue weighted by Crippen LogP contribution is 2.28. The maximum atomic E-state index is 12.8. The van der Waals surface area contributed by atoms with E-state index in [9.17, 15) is 4.79 Å². The summed E-state index contributed by atoms with van der Waals surface area (Å²) in [6.45, 7) is 7.92. The summed E-state index contributed by atoms with van der Waals surface area (Å²) < 4.78 is 7.44. The van der Waals surface area contributed by atoms with Crippen LogP contribution in [0.15, 0.2) is 42.6 Å². The highest BCUT2D eigenvalue weighted by atomic mass is 35.5. The van der Waals surface area contributed by atoms with Gasteiger partial charge in [-0.3, -0.25) is 4.79 Å². The van der Waals surface area contributed by atoms with Crippen molar-refractivity contribution in [3.8, 4) is 17.0 Å². The van der Waals surface area contributed by atoms with E-state index in [1.54, 1.807) is 0 Å². The fraction of sp³-hybridized carbons (Fsp3) is 0.333. The Balaban J connectivity index is 2.07. The van der Waals surface area contributed by atoms with Crippen LogP contribution >= 0.6 is 11.6 Å². The number of hydrogen-bond acceptors (Lipinski definition) is 3. The molecule has 3 aromatic rings. The number of pyridine rings is 1. The van der Waals surface area contributed by atoms with E-state index in [1.807, 2.05) is 72.7 Å². The van der Waals surface area contributed by atoms with Gasteiger partial charge in [-0.2, -0.15) is 0 Å². The molecule has 0 saturated heterocycles. The normalized spacial score (nSPS) is 11.0. The monoisotopic (exact) mass is 385 g/mol.